The lowest BCUT2D eigenvalue weighted by Crippen LogP contribution is -2.31. The van der Waals surface area contributed by atoms with Crippen molar-refractivity contribution in [3.8, 4) is 11.4 Å². The van der Waals surface area contributed by atoms with Crippen LogP contribution >= 0.6 is 0 Å². The average Bonchev–Trinajstić information content (AvgIpc) is 3.34. The number of aromatic nitrogens is 2. The molecule has 0 aliphatic carbocycles. The number of nitrogens with zero attached hydrogens (tertiary/aromatic N) is 3. The number of benzene rings is 2. The molecule has 2 heterocycles. The topological polar surface area (TPSA) is 76.3 Å². The van der Waals surface area contributed by atoms with E-state index in [1.807, 2.05) is 58.0 Å². The Balaban J connectivity index is 1.70. The van der Waals surface area contributed by atoms with Crippen LogP contribution in [0.2, 0.25) is 0 Å². The van der Waals surface area contributed by atoms with Crippen LogP contribution in [0, 0.1) is 27.7 Å². The van der Waals surface area contributed by atoms with Crippen LogP contribution in [0.3, 0.4) is 0 Å². The van der Waals surface area contributed by atoms with Gasteiger partial charge in [-0.3, -0.25) is 0 Å². The van der Waals surface area contributed by atoms with E-state index in [9.17, 15) is 8.42 Å². The predicted octanol–water partition coefficient (Wildman–Crippen LogP) is 4.50. The minimum Gasteiger partial charge on any atom is -0.337 e. The van der Waals surface area contributed by atoms with Crippen LogP contribution in [0.1, 0.15) is 47.0 Å². The first-order valence-corrected chi connectivity index (χ1v) is 11.2. The van der Waals surface area contributed by atoms with Gasteiger partial charge in [-0.05, 0) is 68.9 Å². The van der Waals surface area contributed by atoms with Crippen molar-refractivity contribution in [1.29, 1.82) is 0 Å². The van der Waals surface area contributed by atoms with Gasteiger partial charge in [0.05, 0.1) is 4.90 Å². The second-order valence-electron chi connectivity index (χ2n) is 7.75. The van der Waals surface area contributed by atoms with Gasteiger partial charge in [0.15, 0.2) is 0 Å². The van der Waals surface area contributed by atoms with Gasteiger partial charge in [-0.1, -0.05) is 35.5 Å². The van der Waals surface area contributed by atoms with Crippen LogP contribution < -0.4 is 0 Å². The molecule has 0 radical (unpaired) electrons. The number of hydrogen-bond donors (Lipinski definition) is 0. The van der Waals surface area contributed by atoms with Crippen molar-refractivity contribution in [2.45, 2.75) is 51.5 Å². The summed E-state index contributed by atoms with van der Waals surface area (Å²) in [5.74, 6) is 0.843. The second kappa shape index (κ2) is 7.39. The Morgan fingerprint density at radius 3 is 2.48 bits per heavy atom. The normalized spacial score (nSPS) is 17.7. The molecule has 1 aromatic heterocycles. The van der Waals surface area contributed by atoms with E-state index in [-0.39, 0.29) is 0 Å². The van der Waals surface area contributed by atoms with E-state index in [4.69, 9.17) is 4.52 Å². The molecule has 0 N–H and O–H groups in total. The van der Waals surface area contributed by atoms with E-state index < -0.39 is 16.1 Å². The van der Waals surface area contributed by atoms with Gasteiger partial charge in [0, 0.05) is 12.1 Å². The lowest BCUT2D eigenvalue weighted by atomic mass is 10.1. The molecule has 0 bridgehead atoms. The van der Waals surface area contributed by atoms with E-state index in [1.165, 1.54) is 4.31 Å². The molecule has 29 heavy (non-hydrogen) atoms. The zero-order valence-corrected chi connectivity index (χ0v) is 18.0. The number of hydrogen-bond acceptors (Lipinski definition) is 5. The minimum atomic E-state index is -3.66. The molecule has 1 fully saturated rings. The van der Waals surface area contributed by atoms with E-state index in [1.54, 1.807) is 6.07 Å². The third kappa shape index (κ3) is 3.49. The van der Waals surface area contributed by atoms with Gasteiger partial charge in [0.1, 0.15) is 6.04 Å². The van der Waals surface area contributed by atoms with Crippen molar-refractivity contribution in [1.82, 2.24) is 14.4 Å². The predicted molar refractivity (Wildman–Crippen MR) is 111 cm³/mol. The third-order valence-electron chi connectivity index (χ3n) is 5.69. The number of sulfonamides is 1. The Kier molecular flexibility index (Phi) is 5.04. The Labute approximate surface area is 171 Å². The summed E-state index contributed by atoms with van der Waals surface area (Å²) >= 11 is 0. The van der Waals surface area contributed by atoms with Crippen molar-refractivity contribution in [2.24, 2.45) is 0 Å². The van der Waals surface area contributed by atoms with Crippen molar-refractivity contribution in [2.75, 3.05) is 6.54 Å². The fourth-order valence-electron chi connectivity index (χ4n) is 3.92. The Morgan fingerprint density at radius 2 is 1.72 bits per heavy atom. The van der Waals surface area contributed by atoms with E-state index in [0.717, 1.165) is 34.2 Å². The summed E-state index contributed by atoms with van der Waals surface area (Å²) in [5.41, 5.74) is 4.73. The van der Waals surface area contributed by atoms with Gasteiger partial charge in [-0.15, -0.1) is 0 Å². The molecule has 7 heteroatoms. The van der Waals surface area contributed by atoms with Crippen molar-refractivity contribution < 1.29 is 12.9 Å². The molecule has 0 spiro atoms. The molecular weight excluding hydrogens is 386 g/mol. The standard InChI is InChI=1S/C22H25N3O3S/c1-14-8-5-6-9-18(14)21-23-22(28-24-21)19-10-7-11-25(19)29(26,27)20-13-16(3)15(2)12-17(20)4/h5-6,8-9,12-13,19H,7,10-11H2,1-4H3/t19-/m1/s1. The van der Waals surface area contributed by atoms with E-state index >= 15 is 0 Å². The van der Waals surface area contributed by atoms with Gasteiger partial charge in [-0.2, -0.15) is 9.29 Å². The highest BCUT2D eigenvalue weighted by molar-refractivity contribution is 7.89. The molecular formula is C22H25N3O3S. The van der Waals surface area contributed by atoms with Gasteiger partial charge < -0.3 is 4.52 Å². The Bertz CT molecular complexity index is 1170. The summed E-state index contributed by atoms with van der Waals surface area (Å²) in [6.45, 7) is 8.19. The summed E-state index contributed by atoms with van der Waals surface area (Å²) < 4.78 is 34.0. The summed E-state index contributed by atoms with van der Waals surface area (Å²) in [6, 6.07) is 11.1. The first kappa shape index (κ1) is 19.8. The number of rotatable bonds is 4. The van der Waals surface area contributed by atoms with Gasteiger partial charge in [0.2, 0.25) is 21.7 Å². The largest absolute Gasteiger partial charge is 0.337 e. The molecule has 4 rings (SSSR count). The molecule has 0 unspecified atom stereocenters. The van der Waals surface area contributed by atoms with Crippen molar-refractivity contribution >= 4 is 10.0 Å². The zero-order valence-electron chi connectivity index (χ0n) is 17.1. The molecule has 0 saturated carbocycles. The summed E-state index contributed by atoms with van der Waals surface area (Å²) in [6.07, 6.45) is 1.42. The summed E-state index contributed by atoms with van der Waals surface area (Å²) in [5, 5.41) is 4.12. The van der Waals surface area contributed by atoms with Crippen LogP contribution in [0.4, 0.5) is 0 Å². The second-order valence-corrected chi connectivity index (χ2v) is 9.61. The highest BCUT2D eigenvalue weighted by Crippen LogP contribution is 2.37. The number of aryl methyl sites for hydroxylation is 4. The monoisotopic (exact) mass is 411 g/mol. The van der Waals surface area contributed by atoms with Crippen molar-refractivity contribution in [3.63, 3.8) is 0 Å². The quantitative estimate of drug-likeness (QED) is 0.632. The summed E-state index contributed by atoms with van der Waals surface area (Å²) in [4.78, 5) is 4.90. The first-order chi connectivity index (χ1) is 13.8. The maximum Gasteiger partial charge on any atom is 0.245 e. The first-order valence-electron chi connectivity index (χ1n) is 9.78. The Morgan fingerprint density at radius 1 is 1.00 bits per heavy atom. The van der Waals surface area contributed by atoms with E-state index in [0.29, 0.717) is 29.6 Å². The maximum absolute atomic E-state index is 13.5. The smallest absolute Gasteiger partial charge is 0.245 e. The van der Waals surface area contributed by atoms with Crippen LogP contribution in [0.15, 0.2) is 45.8 Å². The van der Waals surface area contributed by atoms with E-state index in [2.05, 4.69) is 10.1 Å². The van der Waals surface area contributed by atoms with Gasteiger partial charge in [-0.25, -0.2) is 8.42 Å². The molecule has 6 nitrogen and oxygen atoms in total. The molecule has 152 valence electrons. The molecule has 0 amide bonds. The van der Waals surface area contributed by atoms with Crippen molar-refractivity contribution in [3.05, 3.63) is 64.5 Å². The Hall–Kier alpha value is -2.51. The fraction of sp³-hybridized carbons (Fsp3) is 0.364. The summed E-state index contributed by atoms with van der Waals surface area (Å²) in [7, 11) is -3.66. The average molecular weight is 412 g/mol. The van der Waals surface area contributed by atoms with Crippen LogP contribution in [-0.2, 0) is 10.0 Å². The van der Waals surface area contributed by atoms with Crippen LogP contribution in [0.25, 0.3) is 11.4 Å². The third-order valence-corrected chi connectivity index (χ3v) is 7.74. The molecule has 1 aliphatic heterocycles. The van der Waals surface area contributed by atoms with Gasteiger partial charge >= 0.3 is 0 Å². The van der Waals surface area contributed by atoms with Crippen LogP contribution in [-0.4, -0.2) is 29.4 Å². The maximum atomic E-state index is 13.5. The van der Waals surface area contributed by atoms with Gasteiger partial charge in [0.25, 0.3) is 0 Å². The highest BCUT2D eigenvalue weighted by Gasteiger charge is 2.40. The van der Waals surface area contributed by atoms with Crippen LogP contribution in [0.5, 0.6) is 0 Å². The molecule has 2 aromatic carbocycles. The fourth-order valence-corrected chi connectivity index (χ4v) is 5.86. The molecule has 1 aliphatic rings. The highest BCUT2D eigenvalue weighted by atomic mass is 32.2. The molecule has 1 atom stereocenters. The SMILES string of the molecule is Cc1cc(C)c(S(=O)(=O)N2CCC[C@@H]2c2nc(-c3ccccc3C)no2)cc1C. The molecule has 1 saturated heterocycles. The lowest BCUT2D eigenvalue weighted by molar-refractivity contribution is 0.290. The minimum absolute atomic E-state index is 0.353. The molecule has 3 aromatic rings. The zero-order chi connectivity index (χ0) is 20.8. The lowest BCUT2D eigenvalue weighted by Gasteiger charge is -2.23.